The number of halogens is 1. The van der Waals surface area contributed by atoms with E-state index in [-0.39, 0.29) is 11.9 Å². The molecule has 2 aliphatic rings. The second-order valence-electron chi connectivity index (χ2n) is 9.83. The zero-order valence-corrected chi connectivity index (χ0v) is 22.9. The minimum absolute atomic E-state index is 0.00919. The Labute approximate surface area is 226 Å². The number of aromatic nitrogens is 4. The number of carbonyl (C=O) groups is 1. The van der Waals surface area contributed by atoms with Gasteiger partial charge in [0.25, 0.3) is 0 Å². The Balaban J connectivity index is 1.65. The highest BCUT2D eigenvalue weighted by Crippen LogP contribution is 2.43. The normalized spacial score (nSPS) is 17.1. The van der Waals surface area contributed by atoms with Crippen LogP contribution in [0.5, 0.6) is 0 Å². The molecule has 0 unspecified atom stereocenters. The van der Waals surface area contributed by atoms with Gasteiger partial charge in [0.1, 0.15) is 5.69 Å². The molecule has 0 radical (unpaired) electrons. The summed E-state index contributed by atoms with van der Waals surface area (Å²) in [7, 11) is -3.51. The van der Waals surface area contributed by atoms with E-state index >= 15 is 0 Å². The van der Waals surface area contributed by atoms with E-state index < -0.39 is 15.3 Å². The molecule has 0 atom stereocenters. The van der Waals surface area contributed by atoms with Crippen LogP contribution in [0, 0.1) is 19.3 Å². The van der Waals surface area contributed by atoms with Crippen molar-refractivity contribution < 1.29 is 13.2 Å². The van der Waals surface area contributed by atoms with E-state index in [2.05, 4.69) is 21.5 Å². The van der Waals surface area contributed by atoms with E-state index in [1.54, 1.807) is 11.1 Å². The maximum atomic E-state index is 12.5. The zero-order chi connectivity index (χ0) is 27.2. The minimum Gasteiger partial charge on any atom is -0.339 e. The van der Waals surface area contributed by atoms with Gasteiger partial charge in [-0.3, -0.25) is 19.3 Å². The Morgan fingerprint density at radius 2 is 1.95 bits per heavy atom. The first-order valence-corrected chi connectivity index (χ1v) is 14.4. The van der Waals surface area contributed by atoms with Gasteiger partial charge in [-0.25, -0.2) is 8.42 Å². The van der Waals surface area contributed by atoms with E-state index in [1.807, 2.05) is 24.6 Å². The van der Waals surface area contributed by atoms with Crippen LogP contribution in [0.25, 0.3) is 27.6 Å². The number of carbonyl (C=O) groups excluding carboxylic acids is 1. The largest absolute Gasteiger partial charge is 0.339 e. The van der Waals surface area contributed by atoms with Crippen molar-refractivity contribution in [3.8, 4) is 11.1 Å². The summed E-state index contributed by atoms with van der Waals surface area (Å²) in [6.45, 7) is 8.60. The van der Waals surface area contributed by atoms with Crippen molar-refractivity contribution in [1.82, 2.24) is 29.6 Å². The van der Waals surface area contributed by atoms with Crippen LogP contribution in [-0.4, -0.2) is 63.8 Å². The molecule has 1 aromatic carbocycles. The molecule has 38 heavy (non-hydrogen) atoms. The van der Waals surface area contributed by atoms with E-state index in [4.69, 9.17) is 22.1 Å². The first-order chi connectivity index (χ1) is 18.2. The van der Waals surface area contributed by atoms with Gasteiger partial charge in [-0.05, 0) is 57.2 Å². The third kappa shape index (κ3) is 4.64. The summed E-state index contributed by atoms with van der Waals surface area (Å²) in [5.74, 6) is -0.0899. The number of nitrogens with zero attached hydrogens (tertiary/aromatic N) is 4. The predicted molar refractivity (Wildman–Crippen MR) is 149 cm³/mol. The third-order valence-electron chi connectivity index (χ3n) is 7.33. The van der Waals surface area contributed by atoms with Crippen molar-refractivity contribution in [3.63, 3.8) is 0 Å². The molecule has 2 aromatic heterocycles. The molecule has 1 saturated heterocycles. The molecule has 2 fully saturated rings. The molecule has 1 amide bonds. The average Bonchev–Trinajstić information content (AvgIpc) is 3.60. The van der Waals surface area contributed by atoms with Crippen LogP contribution in [0.4, 0.5) is 0 Å². The molecule has 3 N–H and O–H groups in total. The van der Waals surface area contributed by atoms with Crippen LogP contribution in [0.2, 0.25) is 5.02 Å². The highest BCUT2D eigenvalue weighted by molar-refractivity contribution is 7.90. The number of aromatic amines is 1. The molecule has 3 heterocycles. The van der Waals surface area contributed by atoms with Crippen molar-refractivity contribution in [2.24, 2.45) is 0 Å². The number of hydrogen-bond acceptors (Lipinski definition) is 6. The Morgan fingerprint density at radius 1 is 1.24 bits per heavy atom. The SMILES string of the molecule is C=CC(=O)N1CCC(n2nc(/C(C=N)=C/NS(=O)(=O)C3CC3)c(-c3c(Cl)c(C)cc4[nH]ncc34)c2C)CC1. The zero-order valence-electron chi connectivity index (χ0n) is 21.3. The number of sulfonamides is 1. The number of rotatable bonds is 8. The molecule has 5 rings (SSSR count). The number of aryl methyl sites for hydroxylation is 1. The molecular formula is C26H30ClN7O3S. The standard InChI is InChI=1S/C26H30ClN7O3S/c1-4-22(35)33-9-7-18(8-10-33)34-16(3)23(24-20-14-29-31-21(20)11-15(2)25(24)27)26(32-34)17(12-28)13-30-38(36,37)19-5-6-19/h4,11-14,18-19,28,30H,1,5-10H2,2-3H3,(H,29,31)/b17-13+,28-12?. The molecule has 1 aliphatic carbocycles. The number of hydrogen-bond donors (Lipinski definition) is 3. The lowest BCUT2D eigenvalue weighted by molar-refractivity contribution is -0.127. The van der Waals surface area contributed by atoms with Gasteiger partial charge < -0.3 is 10.3 Å². The van der Waals surface area contributed by atoms with Crippen LogP contribution >= 0.6 is 11.6 Å². The minimum atomic E-state index is -3.51. The summed E-state index contributed by atoms with van der Waals surface area (Å²) < 4.78 is 29.6. The maximum Gasteiger partial charge on any atom is 0.245 e. The van der Waals surface area contributed by atoms with E-state index in [0.29, 0.717) is 55.1 Å². The summed E-state index contributed by atoms with van der Waals surface area (Å²) in [6, 6.07) is 1.94. The topological polar surface area (TPSA) is 137 Å². The first kappa shape index (κ1) is 26.2. The van der Waals surface area contributed by atoms with Crippen LogP contribution in [0.3, 0.4) is 0 Å². The van der Waals surface area contributed by atoms with E-state index in [0.717, 1.165) is 39.5 Å². The average molecular weight is 556 g/mol. The molecule has 10 nitrogen and oxygen atoms in total. The number of fused-ring (bicyclic) bond motifs is 1. The maximum absolute atomic E-state index is 12.5. The summed E-state index contributed by atoms with van der Waals surface area (Å²) in [5.41, 5.74) is 4.71. The van der Waals surface area contributed by atoms with Crippen LogP contribution in [0.1, 0.15) is 48.7 Å². The smallest absolute Gasteiger partial charge is 0.245 e. The second-order valence-corrected chi connectivity index (χ2v) is 12.2. The first-order valence-electron chi connectivity index (χ1n) is 12.5. The number of H-pyrrole nitrogens is 1. The molecule has 3 aromatic rings. The number of allylic oxidation sites excluding steroid dienone is 1. The summed E-state index contributed by atoms with van der Waals surface area (Å²) in [5, 5.41) is 21.3. The van der Waals surface area contributed by atoms with Gasteiger partial charge >= 0.3 is 0 Å². The van der Waals surface area contributed by atoms with Gasteiger partial charge in [0.2, 0.25) is 15.9 Å². The number of likely N-dealkylation sites (tertiary alicyclic amines) is 1. The summed E-state index contributed by atoms with van der Waals surface area (Å²) in [6.07, 6.45) is 8.14. The fraction of sp³-hybridized carbons (Fsp3) is 0.385. The number of benzene rings is 1. The van der Waals surface area contributed by atoms with Crippen molar-refractivity contribution >= 4 is 50.2 Å². The number of amides is 1. The van der Waals surface area contributed by atoms with Gasteiger partial charge in [0, 0.05) is 53.3 Å². The highest BCUT2D eigenvalue weighted by Gasteiger charge is 2.35. The molecule has 200 valence electrons. The van der Waals surface area contributed by atoms with Gasteiger partial charge in [0.05, 0.1) is 28.0 Å². The Bertz CT molecular complexity index is 1580. The van der Waals surface area contributed by atoms with Crippen molar-refractivity contribution in [2.45, 2.75) is 50.8 Å². The quantitative estimate of drug-likeness (QED) is 0.284. The molecule has 0 spiro atoms. The fourth-order valence-corrected chi connectivity index (χ4v) is 6.57. The highest BCUT2D eigenvalue weighted by atomic mass is 35.5. The Hall–Kier alpha value is -3.44. The van der Waals surface area contributed by atoms with E-state index in [9.17, 15) is 13.2 Å². The molecule has 12 heteroatoms. The molecular weight excluding hydrogens is 526 g/mol. The summed E-state index contributed by atoms with van der Waals surface area (Å²) in [4.78, 5) is 13.9. The number of piperidine rings is 1. The van der Waals surface area contributed by atoms with Crippen LogP contribution < -0.4 is 4.72 Å². The molecule has 1 saturated carbocycles. The lowest BCUT2D eigenvalue weighted by atomic mass is 9.95. The Morgan fingerprint density at radius 3 is 2.58 bits per heavy atom. The van der Waals surface area contributed by atoms with Crippen LogP contribution in [-0.2, 0) is 14.8 Å². The molecule has 1 aliphatic heterocycles. The van der Waals surface area contributed by atoms with Gasteiger partial charge in [-0.1, -0.05) is 18.2 Å². The lowest BCUT2D eigenvalue weighted by Crippen LogP contribution is -2.38. The second kappa shape index (κ2) is 10.0. The van der Waals surface area contributed by atoms with Gasteiger partial charge in [0.15, 0.2) is 0 Å². The third-order valence-corrected chi connectivity index (χ3v) is 9.61. The van der Waals surface area contributed by atoms with Crippen molar-refractivity contribution in [1.29, 1.82) is 5.41 Å². The monoisotopic (exact) mass is 555 g/mol. The number of nitrogens with one attached hydrogen (secondary N) is 3. The summed E-state index contributed by atoms with van der Waals surface area (Å²) >= 11 is 6.90. The van der Waals surface area contributed by atoms with Crippen molar-refractivity contribution in [2.75, 3.05) is 13.1 Å². The van der Waals surface area contributed by atoms with Crippen LogP contribution in [0.15, 0.2) is 31.1 Å². The Kier molecular flexibility index (Phi) is 6.91. The van der Waals surface area contributed by atoms with E-state index in [1.165, 1.54) is 12.3 Å². The van der Waals surface area contributed by atoms with Gasteiger partial charge in [-0.2, -0.15) is 10.2 Å². The predicted octanol–water partition coefficient (Wildman–Crippen LogP) is 4.12. The molecule has 0 bridgehead atoms. The van der Waals surface area contributed by atoms with Crippen molar-refractivity contribution in [3.05, 3.63) is 53.1 Å². The fourth-order valence-electron chi connectivity index (χ4n) is 5.08. The lowest BCUT2D eigenvalue weighted by Gasteiger charge is -2.32. The van der Waals surface area contributed by atoms with Gasteiger partial charge in [-0.15, -0.1) is 0 Å².